The van der Waals surface area contributed by atoms with Crippen LogP contribution in [-0.4, -0.2) is 14.5 Å². The minimum atomic E-state index is -3.28. The number of hydrogen-bond acceptors (Lipinski definition) is 3. The molecule has 0 radical (unpaired) electrons. The van der Waals surface area contributed by atoms with E-state index >= 15 is 0 Å². The molecule has 1 saturated carbocycles. The molecule has 1 aliphatic carbocycles. The number of nitrogens with one attached hydrogen (secondary N) is 1. The van der Waals surface area contributed by atoms with Crippen LogP contribution < -0.4 is 10.5 Å². The summed E-state index contributed by atoms with van der Waals surface area (Å²) in [5.41, 5.74) is 7.33. The van der Waals surface area contributed by atoms with E-state index in [1.807, 2.05) is 24.3 Å². The molecule has 0 aliphatic heterocycles. The van der Waals surface area contributed by atoms with Gasteiger partial charge in [0.25, 0.3) is 0 Å². The maximum absolute atomic E-state index is 12.2. The van der Waals surface area contributed by atoms with Gasteiger partial charge in [-0.25, -0.2) is 13.1 Å². The monoisotopic (exact) mass is 282 g/mol. The van der Waals surface area contributed by atoms with Gasteiger partial charge < -0.3 is 5.73 Å². The van der Waals surface area contributed by atoms with Crippen LogP contribution in [0.3, 0.4) is 0 Å². The molecular formula is C14H22N2O2S. The number of rotatable bonds is 5. The standard InChI is InChI=1S/C14H22N2O2S/c1-11-6-7-14(8-11)16-19(17,18)10-13-5-3-2-4-12(13)9-15/h2-5,11,14,16H,6-10,15H2,1H3. The Kier molecular flexibility index (Phi) is 4.60. The summed E-state index contributed by atoms with van der Waals surface area (Å²) in [4.78, 5) is 0. The van der Waals surface area contributed by atoms with Crippen molar-refractivity contribution in [3.8, 4) is 0 Å². The van der Waals surface area contributed by atoms with E-state index in [4.69, 9.17) is 5.73 Å². The van der Waals surface area contributed by atoms with Crippen molar-refractivity contribution in [2.24, 2.45) is 11.7 Å². The maximum Gasteiger partial charge on any atom is 0.216 e. The van der Waals surface area contributed by atoms with Crippen LogP contribution in [0.1, 0.15) is 37.3 Å². The summed E-state index contributed by atoms with van der Waals surface area (Å²) in [5, 5.41) is 0. The molecule has 1 aliphatic rings. The highest BCUT2D eigenvalue weighted by Crippen LogP contribution is 2.25. The summed E-state index contributed by atoms with van der Waals surface area (Å²) < 4.78 is 27.2. The van der Waals surface area contributed by atoms with E-state index in [0.29, 0.717) is 12.5 Å². The van der Waals surface area contributed by atoms with E-state index in [9.17, 15) is 8.42 Å². The van der Waals surface area contributed by atoms with Crippen molar-refractivity contribution in [3.05, 3.63) is 35.4 Å². The van der Waals surface area contributed by atoms with Gasteiger partial charge in [-0.1, -0.05) is 31.2 Å². The SMILES string of the molecule is CC1CCC(NS(=O)(=O)Cc2ccccc2CN)C1. The molecule has 106 valence electrons. The van der Waals surface area contributed by atoms with Crippen LogP contribution in [-0.2, 0) is 22.3 Å². The average Bonchev–Trinajstić information content (AvgIpc) is 2.74. The van der Waals surface area contributed by atoms with Crippen LogP contribution in [0, 0.1) is 5.92 Å². The van der Waals surface area contributed by atoms with Gasteiger partial charge in [0.15, 0.2) is 0 Å². The summed E-state index contributed by atoms with van der Waals surface area (Å²) >= 11 is 0. The molecule has 2 rings (SSSR count). The Hall–Kier alpha value is -0.910. The van der Waals surface area contributed by atoms with Gasteiger partial charge >= 0.3 is 0 Å². The molecule has 4 nitrogen and oxygen atoms in total. The molecule has 0 spiro atoms. The van der Waals surface area contributed by atoms with Crippen molar-refractivity contribution in [2.45, 2.75) is 44.5 Å². The Morgan fingerprint density at radius 1 is 1.26 bits per heavy atom. The van der Waals surface area contributed by atoms with Crippen LogP contribution in [0.25, 0.3) is 0 Å². The molecule has 0 bridgehead atoms. The van der Waals surface area contributed by atoms with E-state index in [-0.39, 0.29) is 11.8 Å². The lowest BCUT2D eigenvalue weighted by Gasteiger charge is -2.14. The average molecular weight is 282 g/mol. The molecule has 0 amide bonds. The molecule has 0 saturated heterocycles. The number of hydrogen-bond donors (Lipinski definition) is 2. The van der Waals surface area contributed by atoms with Gasteiger partial charge in [0.2, 0.25) is 10.0 Å². The number of benzene rings is 1. The molecule has 2 unspecified atom stereocenters. The zero-order chi connectivity index (χ0) is 13.9. The first-order chi connectivity index (χ1) is 9.00. The number of nitrogens with two attached hydrogens (primary N) is 1. The van der Waals surface area contributed by atoms with Crippen molar-refractivity contribution in [3.63, 3.8) is 0 Å². The Morgan fingerprint density at radius 3 is 2.53 bits per heavy atom. The molecule has 1 aromatic carbocycles. The minimum Gasteiger partial charge on any atom is -0.326 e. The zero-order valence-electron chi connectivity index (χ0n) is 11.3. The molecule has 19 heavy (non-hydrogen) atoms. The quantitative estimate of drug-likeness (QED) is 0.864. The molecule has 0 heterocycles. The highest BCUT2D eigenvalue weighted by Gasteiger charge is 2.25. The highest BCUT2D eigenvalue weighted by atomic mass is 32.2. The van der Waals surface area contributed by atoms with E-state index in [2.05, 4.69) is 11.6 Å². The Labute approximate surface area is 115 Å². The predicted octanol–water partition coefficient (Wildman–Crippen LogP) is 1.75. The van der Waals surface area contributed by atoms with Crippen molar-refractivity contribution >= 4 is 10.0 Å². The minimum absolute atomic E-state index is 0.0191. The van der Waals surface area contributed by atoms with E-state index in [1.165, 1.54) is 0 Å². The van der Waals surface area contributed by atoms with Gasteiger partial charge in [0, 0.05) is 12.6 Å². The summed E-state index contributed by atoms with van der Waals surface area (Å²) in [6, 6.07) is 7.54. The van der Waals surface area contributed by atoms with Gasteiger partial charge in [-0.2, -0.15) is 0 Å². The third kappa shape index (κ3) is 4.03. The summed E-state index contributed by atoms with van der Waals surface area (Å²) in [6.45, 7) is 2.53. The van der Waals surface area contributed by atoms with Gasteiger partial charge in [-0.3, -0.25) is 0 Å². The van der Waals surface area contributed by atoms with E-state index in [0.717, 1.165) is 30.4 Å². The second-order valence-electron chi connectivity index (χ2n) is 5.46. The smallest absolute Gasteiger partial charge is 0.216 e. The first kappa shape index (κ1) is 14.5. The van der Waals surface area contributed by atoms with Crippen LogP contribution in [0.5, 0.6) is 0 Å². The van der Waals surface area contributed by atoms with Crippen LogP contribution in [0.4, 0.5) is 0 Å². The fourth-order valence-electron chi connectivity index (χ4n) is 2.71. The zero-order valence-corrected chi connectivity index (χ0v) is 12.1. The second-order valence-corrected chi connectivity index (χ2v) is 7.22. The van der Waals surface area contributed by atoms with Crippen molar-refractivity contribution in [1.82, 2.24) is 4.72 Å². The number of sulfonamides is 1. The Morgan fingerprint density at radius 2 is 1.95 bits per heavy atom. The lowest BCUT2D eigenvalue weighted by molar-refractivity contribution is 0.537. The third-order valence-corrected chi connectivity index (χ3v) is 5.11. The highest BCUT2D eigenvalue weighted by molar-refractivity contribution is 7.88. The van der Waals surface area contributed by atoms with Gasteiger partial charge in [0.1, 0.15) is 0 Å². The van der Waals surface area contributed by atoms with E-state index < -0.39 is 10.0 Å². The first-order valence-electron chi connectivity index (χ1n) is 6.77. The fraction of sp³-hybridized carbons (Fsp3) is 0.571. The summed E-state index contributed by atoms with van der Waals surface area (Å²) in [7, 11) is -3.28. The largest absolute Gasteiger partial charge is 0.326 e. The normalized spacial score (nSPS) is 23.7. The molecule has 1 fully saturated rings. The van der Waals surface area contributed by atoms with E-state index in [1.54, 1.807) is 0 Å². The molecular weight excluding hydrogens is 260 g/mol. The van der Waals surface area contributed by atoms with Crippen molar-refractivity contribution < 1.29 is 8.42 Å². The van der Waals surface area contributed by atoms with Crippen LogP contribution in [0.2, 0.25) is 0 Å². The van der Waals surface area contributed by atoms with Crippen LogP contribution in [0.15, 0.2) is 24.3 Å². The molecule has 2 atom stereocenters. The predicted molar refractivity (Wildman–Crippen MR) is 76.9 cm³/mol. The second kappa shape index (κ2) is 6.03. The van der Waals surface area contributed by atoms with Gasteiger partial charge in [0.05, 0.1) is 5.75 Å². The van der Waals surface area contributed by atoms with Gasteiger partial charge in [-0.05, 0) is 36.3 Å². The maximum atomic E-state index is 12.2. The van der Waals surface area contributed by atoms with Crippen LogP contribution >= 0.6 is 0 Å². The molecule has 3 N–H and O–H groups in total. The summed E-state index contributed by atoms with van der Waals surface area (Å²) in [6.07, 6.45) is 2.99. The van der Waals surface area contributed by atoms with Crippen molar-refractivity contribution in [2.75, 3.05) is 0 Å². The van der Waals surface area contributed by atoms with Crippen molar-refractivity contribution in [1.29, 1.82) is 0 Å². The Balaban J connectivity index is 2.04. The summed E-state index contributed by atoms with van der Waals surface area (Å²) in [5.74, 6) is 0.634. The topological polar surface area (TPSA) is 72.2 Å². The molecule has 1 aromatic rings. The first-order valence-corrected chi connectivity index (χ1v) is 8.42. The lowest BCUT2D eigenvalue weighted by Crippen LogP contribution is -2.34. The molecule has 0 aromatic heterocycles. The lowest BCUT2D eigenvalue weighted by atomic mass is 10.1. The Bertz CT molecular complexity index is 528. The van der Waals surface area contributed by atoms with Gasteiger partial charge in [-0.15, -0.1) is 0 Å². The third-order valence-electron chi connectivity index (χ3n) is 3.72. The fourth-order valence-corrected chi connectivity index (χ4v) is 4.21. The molecule has 5 heteroatoms.